The van der Waals surface area contributed by atoms with Crippen LogP contribution in [0.5, 0.6) is 11.5 Å². The lowest BCUT2D eigenvalue weighted by atomic mass is 9.75. The van der Waals surface area contributed by atoms with Crippen molar-refractivity contribution < 1.29 is 24.2 Å². The fourth-order valence-corrected chi connectivity index (χ4v) is 4.89. The number of carboxylic acids is 1. The minimum Gasteiger partial charge on any atom is -0.493 e. The monoisotopic (exact) mass is 449 g/mol. The van der Waals surface area contributed by atoms with E-state index in [9.17, 15) is 14.7 Å². The SMILES string of the molecule is CCC[N@@+]1(c2ccc(C(=O)O)cc2)N=C(c2ccc(OC)c(OC)c2)[C@H]2CC=CCC2C1=O. The molecule has 0 aromatic heterocycles. The molecule has 2 aromatic rings. The Morgan fingerprint density at radius 3 is 2.30 bits per heavy atom. The molecule has 2 aliphatic rings. The third kappa shape index (κ3) is 3.93. The molecule has 4 rings (SSSR count). The maximum Gasteiger partial charge on any atom is 0.349 e. The number of ether oxygens (including phenoxy) is 2. The molecule has 0 saturated carbocycles. The van der Waals surface area contributed by atoms with Gasteiger partial charge in [0.05, 0.1) is 25.7 Å². The summed E-state index contributed by atoms with van der Waals surface area (Å²) in [7, 11) is 3.20. The standard InChI is InChI=1S/C26H28N2O5/c1-4-15-28(19-12-9-17(10-13-19)26(30)31)25(29)21-8-6-5-7-20(21)24(27-28)18-11-14-22(32-2)23(16-18)33-3/h5-6,9-14,16,20-21H,4,7-8,15H2,1-3H3/p+1/t20-,21?,28-/m0/s1. The van der Waals surface area contributed by atoms with Gasteiger partial charge in [0.1, 0.15) is 12.3 Å². The fourth-order valence-electron chi connectivity index (χ4n) is 4.89. The molecule has 1 aliphatic heterocycles. The van der Waals surface area contributed by atoms with E-state index in [0.717, 1.165) is 24.1 Å². The Balaban J connectivity index is 1.92. The van der Waals surface area contributed by atoms with Crippen molar-refractivity contribution in [1.82, 2.24) is 4.59 Å². The minimum atomic E-state index is -0.999. The predicted molar refractivity (Wildman–Crippen MR) is 127 cm³/mol. The van der Waals surface area contributed by atoms with Gasteiger partial charge in [0.15, 0.2) is 17.2 Å². The quantitative estimate of drug-likeness (QED) is 0.491. The van der Waals surface area contributed by atoms with Gasteiger partial charge in [0.25, 0.3) is 0 Å². The number of benzene rings is 2. The molecule has 1 unspecified atom stereocenters. The Morgan fingerprint density at radius 1 is 1.03 bits per heavy atom. The summed E-state index contributed by atoms with van der Waals surface area (Å²) in [6.45, 7) is 2.52. The van der Waals surface area contributed by atoms with Gasteiger partial charge >= 0.3 is 11.9 Å². The van der Waals surface area contributed by atoms with Crippen LogP contribution < -0.4 is 14.1 Å². The first-order valence-electron chi connectivity index (χ1n) is 11.2. The van der Waals surface area contributed by atoms with Crippen molar-refractivity contribution in [3.05, 3.63) is 65.7 Å². The number of fused-ring (bicyclic) bond motifs is 1. The first-order chi connectivity index (χ1) is 15.9. The summed E-state index contributed by atoms with van der Waals surface area (Å²) in [5.41, 5.74) is 2.62. The summed E-state index contributed by atoms with van der Waals surface area (Å²) in [5, 5.41) is 14.5. The van der Waals surface area contributed by atoms with Gasteiger partial charge in [-0.15, -0.1) is 4.59 Å². The van der Waals surface area contributed by atoms with Crippen molar-refractivity contribution in [2.75, 3.05) is 20.8 Å². The van der Waals surface area contributed by atoms with E-state index >= 15 is 0 Å². The summed E-state index contributed by atoms with van der Waals surface area (Å²) in [6.07, 6.45) is 6.33. The van der Waals surface area contributed by atoms with E-state index in [0.29, 0.717) is 30.2 Å². The topological polar surface area (TPSA) is 85.2 Å². The summed E-state index contributed by atoms with van der Waals surface area (Å²) in [6, 6.07) is 12.2. The van der Waals surface area contributed by atoms with Crippen LogP contribution in [0.4, 0.5) is 5.69 Å². The van der Waals surface area contributed by atoms with Crippen molar-refractivity contribution in [3.8, 4) is 11.5 Å². The summed E-state index contributed by atoms with van der Waals surface area (Å²) in [4.78, 5) is 25.3. The van der Waals surface area contributed by atoms with E-state index in [1.165, 1.54) is 0 Å². The van der Waals surface area contributed by atoms with Crippen LogP contribution in [-0.2, 0) is 4.79 Å². The largest absolute Gasteiger partial charge is 0.493 e. The van der Waals surface area contributed by atoms with Crippen molar-refractivity contribution in [1.29, 1.82) is 0 Å². The summed E-state index contributed by atoms with van der Waals surface area (Å²) in [5.74, 6) is 0.0617. The zero-order chi connectivity index (χ0) is 23.6. The zero-order valence-corrected chi connectivity index (χ0v) is 19.2. The number of hydrogen-bond donors (Lipinski definition) is 1. The highest BCUT2D eigenvalue weighted by atomic mass is 16.5. The summed E-state index contributed by atoms with van der Waals surface area (Å²) < 4.78 is 10.8. The van der Waals surface area contributed by atoms with E-state index in [-0.39, 0.29) is 27.9 Å². The second-order valence-corrected chi connectivity index (χ2v) is 8.39. The average molecular weight is 450 g/mol. The van der Waals surface area contributed by atoms with Crippen LogP contribution in [0.25, 0.3) is 0 Å². The Labute approximate surface area is 193 Å². The number of aromatic carboxylic acids is 1. The Morgan fingerprint density at radius 2 is 1.70 bits per heavy atom. The van der Waals surface area contributed by atoms with Gasteiger partial charge in [0, 0.05) is 23.6 Å². The van der Waals surface area contributed by atoms with Gasteiger partial charge in [-0.1, -0.05) is 24.2 Å². The van der Waals surface area contributed by atoms with Crippen LogP contribution in [0.2, 0.25) is 0 Å². The smallest absolute Gasteiger partial charge is 0.349 e. The molecule has 3 atom stereocenters. The number of rotatable bonds is 7. The van der Waals surface area contributed by atoms with Crippen molar-refractivity contribution in [3.63, 3.8) is 0 Å². The van der Waals surface area contributed by atoms with Crippen molar-refractivity contribution in [2.45, 2.75) is 26.2 Å². The fraction of sp³-hybridized carbons (Fsp3) is 0.346. The van der Waals surface area contributed by atoms with Crippen LogP contribution in [0.1, 0.15) is 42.1 Å². The lowest BCUT2D eigenvalue weighted by Crippen LogP contribution is -2.59. The molecule has 1 heterocycles. The molecule has 2 aromatic carbocycles. The first kappa shape index (κ1) is 22.7. The van der Waals surface area contributed by atoms with E-state index in [1.807, 2.05) is 25.1 Å². The maximum atomic E-state index is 14.0. The highest BCUT2D eigenvalue weighted by Crippen LogP contribution is 2.42. The van der Waals surface area contributed by atoms with Gasteiger partial charge < -0.3 is 14.6 Å². The maximum absolute atomic E-state index is 14.0. The number of methoxy groups -OCH3 is 2. The van der Waals surface area contributed by atoms with E-state index in [4.69, 9.17) is 14.6 Å². The van der Waals surface area contributed by atoms with Crippen molar-refractivity contribution in [2.24, 2.45) is 16.9 Å². The molecule has 1 amide bonds. The van der Waals surface area contributed by atoms with Crippen LogP contribution in [0.3, 0.4) is 0 Å². The van der Waals surface area contributed by atoms with Gasteiger partial charge in [-0.25, -0.2) is 9.59 Å². The normalized spacial score (nSPS) is 24.1. The number of nitrogens with zero attached hydrogens (tertiary/aromatic N) is 2. The lowest BCUT2D eigenvalue weighted by Gasteiger charge is -2.40. The van der Waals surface area contributed by atoms with Crippen molar-refractivity contribution >= 4 is 23.3 Å². The second-order valence-electron chi connectivity index (χ2n) is 8.39. The Hall–Kier alpha value is -3.45. The molecule has 33 heavy (non-hydrogen) atoms. The third-order valence-corrected chi connectivity index (χ3v) is 6.51. The molecule has 172 valence electrons. The van der Waals surface area contributed by atoms with Gasteiger partial charge in [-0.05, 0) is 49.6 Å². The van der Waals surface area contributed by atoms with Crippen LogP contribution in [-0.4, -0.2) is 43.5 Å². The molecule has 0 radical (unpaired) electrons. The lowest BCUT2D eigenvalue weighted by molar-refractivity contribution is -0.137. The van der Waals surface area contributed by atoms with Crippen LogP contribution in [0.15, 0.2) is 59.7 Å². The van der Waals surface area contributed by atoms with Gasteiger partial charge in [0.2, 0.25) is 0 Å². The number of allylic oxidation sites excluding steroid dienone is 2. The number of hydrogen-bond acceptors (Lipinski definition) is 5. The van der Waals surface area contributed by atoms with E-state index in [1.54, 1.807) is 38.5 Å². The molecule has 0 saturated heterocycles. The number of quaternary nitrogens is 1. The van der Waals surface area contributed by atoms with E-state index in [2.05, 4.69) is 12.2 Å². The molecule has 0 spiro atoms. The first-order valence-corrected chi connectivity index (χ1v) is 11.2. The molecule has 1 aliphatic carbocycles. The molecule has 7 nitrogen and oxygen atoms in total. The Kier molecular flexibility index (Phi) is 6.33. The van der Waals surface area contributed by atoms with Gasteiger partial charge in [-0.2, -0.15) is 0 Å². The zero-order valence-electron chi connectivity index (χ0n) is 19.2. The molecule has 1 N–H and O–H groups in total. The second kappa shape index (κ2) is 9.19. The molecule has 0 bridgehead atoms. The Bertz CT molecular complexity index is 1120. The predicted octanol–water partition coefficient (Wildman–Crippen LogP) is 4.65. The number of carbonyl (C=O) groups excluding carboxylic acids is 1. The van der Waals surface area contributed by atoms with Gasteiger partial charge in [-0.3, -0.25) is 0 Å². The molecule has 0 fully saturated rings. The minimum absolute atomic E-state index is 0.0259. The summed E-state index contributed by atoms with van der Waals surface area (Å²) >= 11 is 0. The highest BCUT2D eigenvalue weighted by molar-refractivity contribution is 6.10. The highest BCUT2D eigenvalue weighted by Gasteiger charge is 2.52. The number of carbonyl (C=O) groups is 2. The number of carboxylic acid groups (broad SMARTS) is 1. The third-order valence-electron chi connectivity index (χ3n) is 6.51. The van der Waals surface area contributed by atoms with Crippen LogP contribution >= 0.6 is 0 Å². The molecule has 7 heteroatoms. The molecular weight excluding hydrogens is 420 g/mol. The van der Waals surface area contributed by atoms with E-state index < -0.39 is 5.97 Å². The van der Waals surface area contributed by atoms with Crippen LogP contribution in [0, 0.1) is 11.8 Å². The molecular formula is C26H29N2O5+. The number of amides is 1. The average Bonchev–Trinajstić information content (AvgIpc) is 2.85.